The number of methoxy groups -OCH3 is 2. The van der Waals surface area contributed by atoms with Crippen LogP contribution in [0.4, 0.5) is 0 Å². The molecule has 2 aromatic carbocycles. The van der Waals surface area contributed by atoms with Gasteiger partial charge in [-0.25, -0.2) is 0 Å². The second-order valence-corrected chi connectivity index (χ2v) is 6.47. The summed E-state index contributed by atoms with van der Waals surface area (Å²) in [6, 6.07) is 11.3. The van der Waals surface area contributed by atoms with Gasteiger partial charge in [-0.05, 0) is 62.2 Å². The molecular weight excluding hydrogens is 330 g/mol. The molecule has 0 saturated carbocycles. The molecule has 2 aromatic rings. The van der Waals surface area contributed by atoms with E-state index in [0.717, 1.165) is 22.4 Å². The Hall–Kier alpha value is -2.53. The molecule has 0 unspecified atom stereocenters. The van der Waals surface area contributed by atoms with Gasteiger partial charge in [-0.2, -0.15) is 0 Å². The minimum absolute atomic E-state index is 0.0652. The Morgan fingerprint density at radius 1 is 1.08 bits per heavy atom. The van der Waals surface area contributed by atoms with Gasteiger partial charge in [0, 0.05) is 24.3 Å². The van der Waals surface area contributed by atoms with E-state index in [2.05, 4.69) is 11.4 Å². The van der Waals surface area contributed by atoms with Crippen LogP contribution in [0.5, 0.6) is 11.5 Å². The highest BCUT2D eigenvalue weighted by atomic mass is 16.5. The van der Waals surface area contributed by atoms with E-state index in [4.69, 9.17) is 14.2 Å². The van der Waals surface area contributed by atoms with Gasteiger partial charge >= 0.3 is 0 Å². The van der Waals surface area contributed by atoms with Crippen molar-refractivity contribution in [3.8, 4) is 11.5 Å². The summed E-state index contributed by atoms with van der Waals surface area (Å²) in [5.41, 5.74) is 3.67. The number of hydrogen-bond acceptors (Lipinski definition) is 4. The van der Waals surface area contributed by atoms with Gasteiger partial charge in [0.2, 0.25) is 0 Å². The summed E-state index contributed by atoms with van der Waals surface area (Å²) in [4.78, 5) is 12.4. The lowest BCUT2D eigenvalue weighted by molar-refractivity contribution is 0.0905. The van der Waals surface area contributed by atoms with Crippen molar-refractivity contribution in [3.05, 3.63) is 58.7 Å². The average Bonchev–Trinajstić information content (AvgIpc) is 2.59. The Balaban J connectivity index is 2.14. The van der Waals surface area contributed by atoms with Crippen LogP contribution in [-0.2, 0) is 11.3 Å². The molecule has 1 atom stereocenters. The van der Waals surface area contributed by atoms with Crippen molar-refractivity contribution >= 4 is 5.91 Å². The van der Waals surface area contributed by atoms with Crippen LogP contribution in [0.25, 0.3) is 0 Å². The minimum Gasteiger partial charge on any atom is -0.496 e. The molecule has 0 saturated heterocycles. The molecule has 5 nitrogen and oxygen atoms in total. The fourth-order valence-corrected chi connectivity index (χ4v) is 2.81. The molecule has 0 aliphatic carbocycles. The van der Waals surface area contributed by atoms with Crippen molar-refractivity contribution in [3.63, 3.8) is 0 Å². The predicted octanol–water partition coefficient (Wildman–Crippen LogP) is 3.66. The zero-order valence-electron chi connectivity index (χ0n) is 16.1. The monoisotopic (exact) mass is 357 g/mol. The highest BCUT2D eigenvalue weighted by Gasteiger charge is 2.13. The van der Waals surface area contributed by atoms with E-state index in [0.29, 0.717) is 24.5 Å². The predicted molar refractivity (Wildman–Crippen MR) is 102 cm³/mol. The Morgan fingerprint density at radius 2 is 1.77 bits per heavy atom. The number of ether oxygens (including phenoxy) is 3. The van der Waals surface area contributed by atoms with E-state index in [1.165, 1.54) is 0 Å². The summed E-state index contributed by atoms with van der Waals surface area (Å²) in [6.45, 7) is 6.75. The van der Waals surface area contributed by atoms with Crippen molar-refractivity contribution < 1.29 is 19.0 Å². The molecule has 2 rings (SSSR count). The van der Waals surface area contributed by atoms with Crippen LogP contribution in [-0.4, -0.2) is 32.8 Å². The lowest BCUT2D eigenvalue weighted by atomic mass is 10.1. The normalized spacial score (nSPS) is 11.7. The molecule has 0 fully saturated rings. The van der Waals surface area contributed by atoms with Crippen LogP contribution in [0.1, 0.15) is 34.0 Å². The summed E-state index contributed by atoms with van der Waals surface area (Å²) in [5.74, 6) is 1.34. The third-order valence-corrected chi connectivity index (χ3v) is 3.93. The molecule has 0 bridgehead atoms. The van der Waals surface area contributed by atoms with Gasteiger partial charge in [-0.1, -0.05) is 6.07 Å². The number of amides is 1. The van der Waals surface area contributed by atoms with Crippen LogP contribution < -0.4 is 14.8 Å². The summed E-state index contributed by atoms with van der Waals surface area (Å²) in [6.07, 6.45) is 0. The summed E-state index contributed by atoms with van der Waals surface area (Å²) >= 11 is 0. The van der Waals surface area contributed by atoms with Crippen molar-refractivity contribution in [2.24, 2.45) is 0 Å². The topological polar surface area (TPSA) is 56.8 Å². The van der Waals surface area contributed by atoms with Gasteiger partial charge in [-0.3, -0.25) is 4.79 Å². The quantitative estimate of drug-likeness (QED) is 0.783. The molecule has 5 heteroatoms. The van der Waals surface area contributed by atoms with Crippen LogP contribution in [0, 0.1) is 13.8 Å². The fraction of sp³-hybridized carbons (Fsp3) is 0.381. The molecular formula is C21H27NO4. The first-order chi connectivity index (χ1) is 12.4. The highest BCUT2D eigenvalue weighted by molar-refractivity contribution is 5.94. The van der Waals surface area contributed by atoms with Crippen molar-refractivity contribution in [1.29, 1.82) is 0 Å². The third-order valence-electron chi connectivity index (χ3n) is 3.93. The molecule has 0 heterocycles. The Kier molecular flexibility index (Phi) is 7.04. The third kappa shape index (κ3) is 5.49. The fourth-order valence-electron chi connectivity index (χ4n) is 2.81. The number of rotatable bonds is 8. The molecule has 1 amide bonds. The molecule has 140 valence electrons. The van der Waals surface area contributed by atoms with E-state index < -0.39 is 0 Å². The second-order valence-electron chi connectivity index (χ2n) is 6.47. The van der Waals surface area contributed by atoms with E-state index >= 15 is 0 Å². The first kappa shape index (κ1) is 19.8. The molecule has 0 aromatic heterocycles. The van der Waals surface area contributed by atoms with E-state index in [1.807, 2.05) is 32.9 Å². The minimum atomic E-state index is -0.148. The van der Waals surface area contributed by atoms with E-state index in [9.17, 15) is 4.79 Å². The number of nitrogens with one attached hydrogen (secondary N) is 1. The number of benzene rings is 2. The first-order valence-electron chi connectivity index (χ1n) is 8.60. The van der Waals surface area contributed by atoms with Crippen LogP contribution in [0.2, 0.25) is 0 Å². The summed E-state index contributed by atoms with van der Waals surface area (Å²) in [7, 11) is 3.22. The smallest absolute Gasteiger partial charge is 0.251 e. The Morgan fingerprint density at radius 3 is 2.38 bits per heavy atom. The maximum Gasteiger partial charge on any atom is 0.251 e. The molecule has 0 spiro atoms. The van der Waals surface area contributed by atoms with Gasteiger partial charge < -0.3 is 19.5 Å². The molecule has 0 radical (unpaired) electrons. The summed E-state index contributed by atoms with van der Waals surface area (Å²) < 4.78 is 16.4. The van der Waals surface area contributed by atoms with E-state index in [1.54, 1.807) is 32.4 Å². The SMILES string of the molecule is COC[C@@H](C)NC(=O)c1ccc(OC)c(COc2cc(C)cc(C)c2)c1. The van der Waals surface area contributed by atoms with Gasteiger partial charge in [0.1, 0.15) is 18.1 Å². The lowest BCUT2D eigenvalue weighted by Crippen LogP contribution is -2.35. The molecule has 1 N–H and O–H groups in total. The number of carbonyl (C=O) groups excluding carboxylic acids is 1. The molecule has 0 aliphatic rings. The van der Waals surface area contributed by atoms with E-state index in [-0.39, 0.29) is 11.9 Å². The average molecular weight is 357 g/mol. The lowest BCUT2D eigenvalue weighted by Gasteiger charge is -2.15. The standard InChI is InChI=1S/C21H27NO4/c1-14-8-15(2)10-19(9-14)26-13-18-11-17(6-7-20(18)25-5)21(23)22-16(3)12-24-4/h6-11,16H,12-13H2,1-5H3,(H,22,23)/t16-/m1/s1. The zero-order chi connectivity index (χ0) is 19.1. The van der Waals surface area contributed by atoms with Gasteiger partial charge in [0.05, 0.1) is 13.7 Å². The van der Waals surface area contributed by atoms with Crippen molar-refractivity contribution in [2.45, 2.75) is 33.4 Å². The number of carbonyl (C=O) groups is 1. The maximum atomic E-state index is 12.4. The van der Waals surface area contributed by atoms with Crippen LogP contribution in [0.15, 0.2) is 36.4 Å². The van der Waals surface area contributed by atoms with Gasteiger partial charge in [0.15, 0.2) is 0 Å². The van der Waals surface area contributed by atoms with Crippen LogP contribution in [0.3, 0.4) is 0 Å². The van der Waals surface area contributed by atoms with Gasteiger partial charge in [-0.15, -0.1) is 0 Å². The zero-order valence-corrected chi connectivity index (χ0v) is 16.1. The van der Waals surface area contributed by atoms with Gasteiger partial charge in [0.25, 0.3) is 5.91 Å². The molecule has 0 aliphatic heterocycles. The Labute approximate surface area is 155 Å². The summed E-state index contributed by atoms with van der Waals surface area (Å²) in [5, 5.41) is 2.90. The number of hydrogen-bond donors (Lipinski definition) is 1. The maximum absolute atomic E-state index is 12.4. The van der Waals surface area contributed by atoms with Crippen LogP contribution >= 0.6 is 0 Å². The largest absolute Gasteiger partial charge is 0.496 e. The highest BCUT2D eigenvalue weighted by Crippen LogP contribution is 2.23. The second kappa shape index (κ2) is 9.25. The number of aryl methyl sites for hydroxylation is 2. The van der Waals surface area contributed by atoms with Crippen molar-refractivity contribution in [2.75, 3.05) is 20.8 Å². The first-order valence-corrected chi connectivity index (χ1v) is 8.60. The Bertz CT molecular complexity index is 737. The van der Waals surface area contributed by atoms with Crippen molar-refractivity contribution in [1.82, 2.24) is 5.32 Å². The molecule has 26 heavy (non-hydrogen) atoms.